The Morgan fingerprint density at radius 1 is 1.27 bits per heavy atom. The Labute approximate surface area is 86.4 Å². The minimum absolute atomic E-state index is 0.503. The average molecular weight is 204 g/mol. The standard InChI is InChI=1S/C11H8O4/c12-11(13)4-2-8-1-3-9-10(7-8)15-6-5-14-9/h1,3,7H,5-6H2,(H,12,13). The zero-order chi connectivity index (χ0) is 10.7. The summed E-state index contributed by atoms with van der Waals surface area (Å²) in [5.41, 5.74) is 0.599. The average Bonchev–Trinajstić information content (AvgIpc) is 2.26. The molecule has 1 aromatic rings. The largest absolute Gasteiger partial charge is 0.486 e. The molecule has 1 N–H and O–H groups in total. The van der Waals surface area contributed by atoms with E-state index in [4.69, 9.17) is 14.6 Å². The quantitative estimate of drug-likeness (QED) is 0.638. The van der Waals surface area contributed by atoms with Gasteiger partial charge in [-0.2, -0.15) is 0 Å². The van der Waals surface area contributed by atoms with Crippen LogP contribution < -0.4 is 9.47 Å². The van der Waals surface area contributed by atoms with Gasteiger partial charge in [-0.05, 0) is 18.2 Å². The van der Waals surface area contributed by atoms with E-state index in [2.05, 4.69) is 5.92 Å². The molecule has 76 valence electrons. The lowest BCUT2D eigenvalue weighted by atomic mass is 10.2. The highest BCUT2D eigenvalue weighted by Crippen LogP contribution is 2.30. The first kappa shape index (κ1) is 9.41. The van der Waals surface area contributed by atoms with Crippen LogP contribution in [0.4, 0.5) is 0 Å². The van der Waals surface area contributed by atoms with E-state index in [1.54, 1.807) is 18.2 Å². The summed E-state index contributed by atoms with van der Waals surface area (Å²) in [7, 11) is 0. The van der Waals surface area contributed by atoms with Crippen LogP contribution in [0.2, 0.25) is 0 Å². The number of benzene rings is 1. The number of carboxylic acid groups (broad SMARTS) is 1. The second-order valence-corrected chi connectivity index (χ2v) is 2.91. The van der Waals surface area contributed by atoms with E-state index >= 15 is 0 Å². The van der Waals surface area contributed by atoms with E-state index in [0.29, 0.717) is 30.3 Å². The Balaban J connectivity index is 2.29. The maximum Gasteiger partial charge on any atom is 0.382 e. The maximum atomic E-state index is 10.2. The van der Waals surface area contributed by atoms with Crippen LogP contribution in [-0.2, 0) is 4.79 Å². The predicted molar refractivity (Wildman–Crippen MR) is 51.9 cm³/mol. The van der Waals surface area contributed by atoms with Crippen LogP contribution >= 0.6 is 0 Å². The van der Waals surface area contributed by atoms with Crippen LogP contribution in [0.15, 0.2) is 18.2 Å². The molecule has 2 rings (SSSR count). The van der Waals surface area contributed by atoms with Crippen molar-refractivity contribution in [1.29, 1.82) is 0 Å². The zero-order valence-electron chi connectivity index (χ0n) is 7.82. The van der Waals surface area contributed by atoms with Gasteiger partial charge in [0.25, 0.3) is 0 Å². The molecule has 1 heterocycles. The summed E-state index contributed by atoms with van der Waals surface area (Å²) in [4.78, 5) is 10.2. The summed E-state index contributed by atoms with van der Waals surface area (Å²) in [5, 5.41) is 8.38. The number of carbonyl (C=O) groups is 1. The van der Waals surface area contributed by atoms with Crippen molar-refractivity contribution >= 4 is 5.97 Å². The fourth-order valence-electron chi connectivity index (χ4n) is 1.25. The predicted octanol–water partition coefficient (Wildman–Crippen LogP) is 0.894. The fourth-order valence-corrected chi connectivity index (χ4v) is 1.25. The van der Waals surface area contributed by atoms with Gasteiger partial charge >= 0.3 is 5.97 Å². The smallest absolute Gasteiger partial charge is 0.382 e. The summed E-state index contributed by atoms with van der Waals surface area (Å²) in [6.07, 6.45) is 0. The lowest BCUT2D eigenvalue weighted by Gasteiger charge is -2.17. The Morgan fingerprint density at radius 3 is 2.73 bits per heavy atom. The van der Waals surface area contributed by atoms with Crippen molar-refractivity contribution in [1.82, 2.24) is 0 Å². The van der Waals surface area contributed by atoms with Crippen LogP contribution in [0.1, 0.15) is 5.56 Å². The summed E-state index contributed by atoms with van der Waals surface area (Å²) < 4.78 is 10.6. The van der Waals surface area contributed by atoms with E-state index in [0.717, 1.165) is 0 Å². The maximum absolute atomic E-state index is 10.2. The first-order valence-corrected chi connectivity index (χ1v) is 4.40. The zero-order valence-corrected chi connectivity index (χ0v) is 7.82. The molecular formula is C11H8O4. The van der Waals surface area contributed by atoms with Gasteiger partial charge in [0.2, 0.25) is 0 Å². The van der Waals surface area contributed by atoms with Gasteiger partial charge < -0.3 is 14.6 Å². The lowest BCUT2D eigenvalue weighted by Crippen LogP contribution is -2.15. The van der Waals surface area contributed by atoms with Gasteiger partial charge in [0.05, 0.1) is 0 Å². The molecule has 1 aromatic carbocycles. The molecular weight excluding hydrogens is 196 g/mol. The molecule has 0 radical (unpaired) electrons. The second kappa shape index (κ2) is 3.93. The number of hydrogen-bond acceptors (Lipinski definition) is 3. The van der Waals surface area contributed by atoms with Crippen LogP contribution in [0.25, 0.3) is 0 Å². The highest BCUT2D eigenvalue weighted by molar-refractivity contribution is 5.87. The first-order chi connectivity index (χ1) is 7.25. The van der Waals surface area contributed by atoms with E-state index in [-0.39, 0.29) is 0 Å². The van der Waals surface area contributed by atoms with E-state index in [1.807, 2.05) is 5.92 Å². The molecule has 4 nitrogen and oxygen atoms in total. The molecule has 1 aliphatic heterocycles. The van der Waals surface area contributed by atoms with E-state index in [1.165, 1.54) is 0 Å². The summed E-state index contributed by atoms with van der Waals surface area (Å²) in [5.74, 6) is 4.68. The normalized spacial score (nSPS) is 12.5. The van der Waals surface area contributed by atoms with E-state index in [9.17, 15) is 4.79 Å². The molecule has 1 aliphatic rings. The molecule has 0 aromatic heterocycles. The minimum Gasteiger partial charge on any atom is -0.486 e. The van der Waals surface area contributed by atoms with Crippen LogP contribution in [-0.4, -0.2) is 24.3 Å². The van der Waals surface area contributed by atoms with Gasteiger partial charge in [-0.3, -0.25) is 0 Å². The molecule has 15 heavy (non-hydrogen) atoms. The van der Waals surface area contributed by atoms with Gasteiger partial charge in [0.1, 0.15) is 13.2 Å². The highest BCUT2D eigenvalue weighted by atomic mass is 16.6. The molecule has 0 saturated carbocycles. The molecule has 0 unspecified atom stereocenters. The van der Waals surface area contributed by atoms with Crippen molar-refractivity contribution in [3.05, 3.63) is 23.8 Å². The number of rotatable bonds is 0. The molecule has 0 spiro atoms. The van der Waals surface area contributed by atoms with Gasteiger partial charge in [0, 0.05) is 11.5 Å². The summed E-state index contributed by atoms with van der Waals surface area (Å²) in [6, 6.07) is 5.09. The fraction of sp³-hybridized carbons (Fsp3) is 0.182. The first-order valence-electron chi connectivity index (χ1n) is 4.40. The molecule has 0 saturated heterocycles. The molecule has 0 amide bonds. The Morgan fingerprint density at radius 2 is 2.00 bits per heavy atom. The number of aliphatic carboxylic acids is 1. The Hall–Kier alpha value is -2.15. The van der Waals surface area contributed by atoms with Crippen LogP contribution in [0.3, 0.4) is 0 Å². The number of fused-ring (bicyclic) bond motifs is 1. The Bertz CT molecular complexity index is 453. The van der Waals surface area contributed by atoms with Crippen molar-refractivity contribution in [2.75, 3.05) is 13.2 Å². The van der Waals surface area contributed by atoms with Gasteiger partial charge in [-0.25, -0.2) is 4.79 Å². The van der Waals surface area contributed by atoms with Gasteiger partial charge in [0.15, 0.2) is 11.5 Å². The third-order valence-corrected chi connectivity index (χ3v) is 1.86. The van der Waals surface area contributed by atoms with Crippen molar-refractivity contribution in [2.24, 2.45) is 0 Å². The number of carboxylic acids is 1. The number of ether oxygens (including phenoxy) is 2. The van der Waals surface area contributed by atoms with Crippen LogP contribution in [0.5, 0.6) is 11.5 Å². The van der Waals surface area contributed by atoms with E-state index < -0.39 is 5.97 Å². The monoisotopic (exact) mass is 204 g/mol. The molecule has 4 heteroatoms. The minimum atomic E-state index is -1.15. The topological polar surface area (TPSA) is 55.8 Å². The van der Waals surface area contributed by atoms with Crippen LogP contribution in [0, 0.1) is 11.8 Å². The molecule has 0 bridgehead atoms. The van der Waals surface area contributed by atoms with Crippen molar-refractivity contribution < 1.29 is 19.4 Å². The molecule has 0 fully saturated rings. The SMILES string of the molecule is O=C(O)C#Cc1ccc2c(c1)OCCO2. The number of hydrogen-bond donors (Lipinski definition) is 1. The molecule has 0 aliphatic carbocycles. The summed E-state index contributed by atoms with van der Waals surface area (Å²) >= 11 is 0. The second-order valence-electron chi connectivity index (χ2n) is 2.91. The third kappa shape index (κ3) is 2.20. The third-order valence-electron chi connectivity index (χ3n) is 1.86. The van der Waals surface area contributed by atoms with Crippen molar-refractivity contribution in [3.63, 3.8) is 0 Å². The van der Waals surface area contributed by atoms with Gasteiger partial charge in [-0.15, -0.1) is 0 Å². The highest BCUT2D eigenvalue weighted by Gasteiger charge is 2.10. The molecule has 0 atom stereocenters. The van der Waals surface area contributed by atoms with Gasteiger partial charge in [-0.1, -0.05) is 5.92 Å². The Kier molecular flexibility index (Phi) is 2.46. The van der Waals surface area contributed by atoms with Crippen molar-refractivity contribution in [2.45, 2.75) is 0 Å². The van der Waals surface area contributed by atoms with Crippen molar-refractivity contribution in [3.8, 4) is 23.3 Å². The summed E-state index contributed by atoms with van der Waals surface area (Å²) in [6.45, 7) is 1.04. The lowest BCUT2D eigenvalue weighted by molar-refractivity contribution is -0.130.